The number of nitrogens with one attached hydrogen (secondary N) is 2. The third-order valence-electron chi connectivity index (χ3n) is 3.82. The van der Waals surface area contributed by atoms with Crippen molar-refractivity contribution in [3.8, 4) is 0 Å². The van der Waals surface area contributed by atoms with Crippen LogP contribution in [0.3, 0.4) is 0 Å². The zero-order valence-electron chi connectivity index (χ0n) is 12.8. The Morgan fingerprint density at radius 3 is 2.67 bits per heavy atom. The number of nitrogens with zero attached hydrogens (tertiary/aromatic N) is 1. The third-order valence-corrected chi connectivity index (χ3v) is 3.82. The molecule has 5 nitrogen and oxygen atoms in total. The molecule has 5 heteroatoms. The van der Waals surface area contributed by atoms with Gasteiger partial charge < -0.3 is 9.72 Å². The van der Waals surface area contributed by atoms with E-state index in [4.69, 9.17) is 4.74 Å². The van der Waals surface area contributed by atoms with E-state index in [0.717, 1.165) is 21.8 Å². The first-order valence-electron chi connectivity index (χ1n) is 7.64. The molecular weight excluding hydrogens is 302 g/mol. The smallest absolute Gasteiger partial charge is 0.412 e. The fourth-order valence-corrected chi connectivity index (χ4v) is 2.69. The summed E-state index contributed by atoms with van der Waals surface area (Å²) in [7, 11) is 0. The molecule has 0 saturated carbocycles. The molecule has 0 bridgehead atoms. The number of rotatable bonds is 3. The molecule has 2 aromatic carbocycles. The van der Waals surface area contributed by atoms with Gasteiger partial charge in [0.15, 0.2) is 0 Å². The molecule has 4 aromatic rings. The SMILES string of the molecule is O=C(Nc1ccccc1)OCc1cc2c(cn1)[nH]c1ccccc12. The molecule has 2 N–H and O–H groups in total. The summed E-state index contributed by atoms with van der Waals surface area (Å²) in [4.78, 5) is 19.5. The molecule has 4 rings (SSSR count). The van der Waals surface area contributed by atoms with E-state index in [9.17, 15) is 4.79 Å². The van der Waals surface area contributed by atoms with Crippen LogP contribution >= 0.6 is 0 Å². The van der Waals surface area contributed by atoms with Gasteiger partial charge in [0.2, 0.25) is 0 Å². The van der Waals surface area contributed by atoms with E-state index >= 15 is 0 Å². The van der Waals surface area contributed by atoms with Gasteiger partial charge in [0.05, 0.1) is 17.4 Å². The molecule has 24 heavy (non-hydrogen) atoms. The average Bonchev–Trinajstić information content (AvgIpc) is 2.99. The molecule has 1 amide bonds. The third kappa shape index (κ3) is 2.79. The molecule has 0 unspecified atom stereocenters. The Kier molecular flexibility index (Phi) is 3.59. The number of H-pyrrole nitrogens is 1. The summed E-state index contributed by atoms with van der Waals surface area (Å²) in [6.07, 6.45) is 1.27. The lowest BCUT2D eigenvalue weighted by molar-refractivity contribution is 0.153. The second-order valence-corrected chi connectivity index (χ2v) is 5.46. The van der Waals surface area contributed by atoms with Crippen molar-refractivity contribution in [1.82, 2.24) is 9.97 Å². The molecule has 0 fully saturated rings. The predicted octanol–water partition coefficient (Wildman–Crippen LogP) is 4.46. The summed E-state index contributed by atoms with van der Waals surface area (Å²) in [5, 5.41) is 4.88. The second-order valence-electron chi connectivity index (χ2n) is 5.46. The zero-order chi connectivity index (χ0) is 16.4. The average molecular weight is 317 g/mol. The first kappa shape index (κ1) is 14.3. The van der Waals surface area contributed by atoms with E-state index in [-0.39, 0.29) is 6.61 Å². The number of para-hydroxylation sites is 2. The van der Waals surface area contributed by atoms with Crippen molar-refractivity contribution in [2.75, 3.05) is 5.32 Å². The van der Waals surface area contributed by atoms with Crippen LogP contribution in [0.4, 0.5) is 10.5 Å². The standard InChI is InChI=1S/C19H15N3O2/c23-19(21-13-6-2-1-3-7-13)24-12-14-10-16-15-8-4-5-9-17(15)22-18(16)11-20-14/h1-11,22H,12H2,(H,21,23). The van der Waals surface area contributed by atoms with Crippen LogP contribution in [-0.2, 0) is 11.3 Å². The summed E-state index contributed by atoms with van der Waals surface area (Å²) >= 11 is 0. The minimum Gasteiger partial charge on any atom is -0.443 e. The van der Waals surface area contributed by atoms with Gasteiger partial charge in [-0.05, 0) is 24.3 Å². The van der Waals surface area contributed by atoms with Gasteiger partial charge in [-0.3, -0.25) is 10.3 Å². The van der Waals surface area contributed by atoms with Crippen molar-refractivity contribution < 1.29 is 9.53 Å². The number of benzene rings is 2. The van der Waals surface area contributed by atoms with Crippen molar-refractivity contribution in [2.24, 2.45) is 0 Å². The fourth-order valence-electron chi connectivity index (χ4n) is 2.69. The minimum absolute atomic E-state index is 0.119. The van der Waals surface area contributed by atoms with Gasteiger partial charge in [0, 0.05) is 22.0 Å². The highest BCUT2D eigenvalue weighted by Gasteiger charge is 2.08. The number of aromatic amines is 1. The molecule has 118 valence electrons. The highest BCUT2D eigenvalue weighted by Crippen LogP contribution is 2.25. The molecule has 0 radical (unpaired) electrons. The lowest BCUT2D eigenvalue weighted by atomic mass is 10.2. The van der Waals surface area contributed by atoms with Gasteiger partial charge in [-0.1, -0.05) is 36.4 Å². The van der Waals surface area contributed by atoms with E-state index in [1.807, 2.05) is 42.5 Å². The van der Waals surface area contributed by atoms with Gasteiger partial charge >= 0.3 is 6.09 Å². The van der Waals surface area contributed by atoms with Crippen LogP contribution in [-0.4, -0.2) is 16.1 Å². The van der Waals surface area contributed by atoms with Crippen LogP contribution in [0.15, 0.2) is 66.9 Å². The number of hydrogen-bond donors (Lipinski definition) is 2. The maximum absolute atomic E-state index is 11.8. The predicted molar refractivity (Wildman–Crippen MR) is 93.8 cm³/mol. The Hall–Kier alpha value is -3.34. The maximum Gasteiger partial charge on any atom is 0.412 e. The Labute approximate surface area is 138 Å². The lowest BCUT2D eigenvalue weighted by Crippen LogP contribution is -2.13. The normalized spacial score (nSPS) is 10.8. The quantitative estimate of drug-likeness (QED) is 0.586. The molecule has 0 aliphatic heterocycles. The monoisotopic (exact) mass is 317 g/mol. The first-order chi connectivity index (χ1) is 11.8. The van der Waals surface area contributed by atoms with Crippen molar-refractivity contribution in [3.05, 3.63) is 72.6 Å². The number of aromatic nitrogens is 2. The van der Waals surface area contributed by atoms with Gasteiger partial charge in [0.1, 0.15) is 6.61 Å². The molecule has 0 spiro atoms. The van der Waals surface area contributed by atoms with Crippen LogP contribution in [0, 0.1) is 0 Å². The zero-order valence-corrected chi connectivity index (χ0v) is 12.8. The van der Waals surface area contributed by atoms with E-state index in [1.165, 1.54) is 0 Å². The number of anilines is 1. The molecule has 0 atom stereocenters. The molecule has 2 heterocycles. The van der Waals surface area contributed by atoms with E-state index in [0.29, 0.717) is 11.4 Å². The summed E-state index contributed by atoms with van der Waals surface area (Å²) < 4.78 is 5.25. The fraction of sp³-hybridized carbons (Fsp3) is 0.0526. The molecule has 0 saturated heterocycles. The number of pyridine rings is 1. The number of fused-ring (bicyclic) bond motifs is 3. The Morgan fingerprint density at radius 1 is 1.00 bits per heavy atom. The van der Waals surface area contributed by atoms with Gasteiger partial charge in [-0.15, -0.1) is 0 Å². The second kappa shape index (κ2) is 6.04. The number of amides is 1. The number of carbonyl (C=O) groups is 1. The summed E-state index contributed by atoms with van der Waals surface area (Å²) in [6, 6.07) is 19.2. The van der Waals surface area contributed by atoms with E-state index < -0.39 is 6.09 Å². The summed E-state index contributed by atoms with van der Waals surface area (Å²) in [5.41, 5.74) is 3.43. The van der Waals surface area contributed by atoms with Crippen molar-refractivity contribution in [2.45, 2.75) is 6.61 Å². The highest BCUT2D eigenvalue weighted by molar-refractivity contribution is 6.06. The summed E-state index contributed by atoms with van der Waals surface area (Å²) in [6.45, 7) is 0.119. The molecule has 0 aliphatic carbocycles. The van der Waals surface area contributed by atoms with Crippen molar-refractivity contribution >= 4 is 33.6 Å². The van der Waals surface area contributed by atoms with Gasteiger partial charge in [0.25, 0.3) is 0 Å². The molecule has 0 aliphatic rings. The molecular formula is C19H15N3O2. The number of ether oxygens (including phenoxy) is 1. The van der Waals surface area contributed by atoms with Crippen LogP contribution in [0.1, 0.15) is 5.69 Å². The Balaban J connectivity index is 1.50. The van der Waals surface area contributed by atoms with E-state index in [1.54, 1.807) is 18.3 Å². The van der Waals surface area contributed by atoms with Crippen LogP contribution in [0.25, 0.3) is 21.8 Å². The van der Waals surface area contributed by atoms with E-state index in [2.05, 4.69) is 21.4 Å². The van der Waals surface area contributed by atoms with Crippen LogP contribution in [0.2, 0.25) is 0 Å². The highest BCUT2D eigenvalue weighted by atomic mass is 16.5. The number of hydrogen-bond acceptors (Lipinski definition) is 3. The van der Waals surface area contributed by atoms with Crippen LogP contribution < -0.4 is 5.32 Å². The first-order valence-corrected chi connectivity index (χ1v) is 7.64. The minimum atomic E-state index is -0.498. The number of carbonyl (C=O) groups excluding carboxylic acids is 1. The topological polar surface area (TPSA) is 67.0 Å². The maximum atomic E-state index is 11.8. The Bertz CT molecular complexity index is 1010. The van der Waals surface area contributed by atoms with Gasteiger partial charge in [-0.25, -0.2) is 4.79 Å². The van der Waals surface area contributed by atoms with Crippen molar-refractivity contribution in [3.63, 3.8) is 0 Å². The Morgan fingerprint density at radius 2 is 1.79 bits per heavy atom. The van der Waals surface area contributed by atoms with Crippen LogP contribution in [0.5, 0.6) is 0 Å². The van der Waals surface area contributed by atoms with Gasteiger partial charge in [-0.2, -0.15) is 0 Å². The largest absolute Gasteiger partial charge is 0.443 e. The lowest BCUT2D eigenvalue weighted by Gasteiger charge is -2.06. The summed E-state index contributed by atoms with van der Waals surface area (Å²) in [5.74, 6) is 0. The molecule has 2 aromatic heterocycles. The van der Waals surface area contributed by atoms with Crippen molar-refractivity contribution in [1.29, 1.82) is 0 Å².